The fraction of sp³-hybridized carbons (Fsp3) is 0.150. The van der Waals surface area contributed by atoms with E-state index in [1.54, 1.807) is 0 Å². The highest BCUT2D eigenvalue weighted by Gasteiger charge is 2.05. The zero-order chi connectivity index (χ0) is 14.8. The number of benzene rings is 2. The van der Waals surface area contributed by atoms with Crippen molar-refractivity contribution in [1.82, 2.24) is 4.98 Å². The van der Waals surface area contributed by atoms with E-state index in [2.05, 4.69) is 62.2 Å². The smallest absolute Gasteiger partial charge is 0.0708 e. The molecule has 21 heavy (non-hydrogen) atoms. The highest BCUT2D eigenvalue weighted by atomic mass is 14.7. The molecule has 0 saturated carbocycles. The van der Waals surface area contributed by atoms with Gasteiger partial charge in [-0.2, -0.15) is 0 Å². The summed E-state index contributed by atoms with van der Waals surface area (Å²) in [4.78, 5) is 4.50. The Kier molecular flexibility index (Phi) is 3.57. The van der Waals surface area contributed by atoms with Crippen molar-refractivity contribution in [2.24, 2.45) is 0 Å². The molecule has 0 atom stereocenters. The minimum absolute atomic E-state index is 1.02. The van der Waals surface area contributed by atoms with Crippen LogP contribution in [0.5, 0.6) is 0 Å². The molecule has 2 aromatic carbocycles. The standard InChI is InChI=1S/C20H19N/c1-14-11-19(12-15(2)16(14)3)18-9-10-21-20(13-18)17-7-5-4-6-8-17/h4-13H,1-3H3. The number of aryl methyl sites for hydroxylation is 2. The van der Waals surface area contributed by atoms with Gasteiger partial charge in [-0.05, 0) is 60.7 Å². The van der Waals surface area contributed by atoms with Gasteiger partial charge < -0.3 is 0 Å². The van der Waals surface area contributed by atoms with Crippen LogP contribution in [0.2, 0.25) is 0 Å². The van der Waals surface area contributed by atoms with Crippen LogP contribution in [0.25, 0.3) is 22.4 Å². The summed E-state index contributed by atoms with van der Waals surface area (Å²) in [6.45, 7) is 6.52. The minimum atomic E-state index is 1.02. The van der Waals surface area contributed by atoms with Gasteiger partial charge in [-0.15, -0.1) is 0 Å². The molecular formula is C20H19N. The highest BCUT2D eigenvalue weighted by Crippen LogP contribution is 2.27. The number of hydrogen-bond donors (Lipinski definition) is 0. The summed E-state index contributed by atoms with van der Waals surface area (Å²) in [7, 11) is 0. The van der Waals surface area contributed by atoms with E-state index in [-0.39, 0.29) is 0 Å². The van der Waals surface area contributed by atoms with Crippen molar-refractivity contribution in [3.8, 4) is 22.4 Å². The lowest BCUT2D eigenvalue weighted by Gasteiger charge is -2.10. The first-order valence-corrected chi connectivity index (χ1v) is 7.25. The molecule has 0 bridgehead atoms. The van der Waals surface area contributed by atoms with Crippen LogP contribution in [0.4, 0.5) is 0 Å². The molecule has 1 heteroatoms. The predicted octanol–water partition coefficient (Wildman–Crippen LogP) is 5.34. The molecule has 3 aromatic rings. The molecular weight excluding hydrogens is 254 g/mol. The molecule has 0 aliphatic heterocycles. The summed E-state index contributed by atoms with van der Waals surface area (Å²) >= 11 is 0. The van der Waals surface area contributed by atoms with Crippen LogP contribution in [0.3, 0.4) is 0 Å². The Hall–Kier alpha value is -2.41. The lowest BCUT2D eigenvalue weighted by Crippen LogP contribution is -1.90. The number of rotatable bonds is 2. The number of aromatic nitrogens is 1. The Morgan fingerprint density at radius 3 is 2.00 bits per heavy atom. The Morgan fingerprint density at radius 2 is 1.33 bits per heavy atom. The van der Waals surface area contributed by atoms with E-state index in [9.17, 15) is 0 Å². The van der Waals surface area contributed by atoms with E-state index in [1.165, 1.54) is 27.8 Å². The van der Waals surface area contributed by atoms with Crippen molar-refractivity contribution in [1.29, 1.82) is 0 Å². The quantitative estimate of drug-likeness (QED) is 0.614. The van der Waals surface area contributed by atoms with Gasteiger partial charge in [0, 0.05) is 11.8 Å². The van der Waals surface area contributed by atoms with E-state index >= 15 is 0 Å². The van der Waals surface area contributed by atoms with Gasteiger partial charge in [0.15, 0.2) is 0 Å². The first-order chi connectivity index (χ1) is 10.1. The summed E-state index contributed by atoms with van der Waals surface area (Å²) < 4.78 is 0. The van der Waals surface area contributed by atoms with Crippen molar-refractivity contribution in [3.05, 3.63) is 77.5 Å². The Bertz CT molecular complexity index is 750. The van der Waals surface area contributed by atoms with E-state index in [0.717, 1.165) is 11.3 Å². The largest absolute Gasteiger partial charge is 0.256 e. The second-order valence-corrected chi connectivity index (χ2v) is 5.53. The maximum absolute atomic E-state index is 4.50. The van der Waals surface area contributed by atoms with E-state index in [0.29, 0.717) is 0 Å². The fourth-order valence-electron chi connectivity index (χ4n) is 2.58. The van der Waals surface area contributed by atoms with Crippen LogP contribution >= 0.6 is 0 Å². The number of nitrogens with zero attached hydrogens (tertiary/aromatic N) is 1. The van der Waals surface area contributed by atoms with Crippen LogP contribution in [-0.4, -0.2) is 4.98 Å². The molecule has 0 unspecified atom stereocenters. The number of pyridine rings is 1. The van der Waals surface area contributed by atoms with Crippen LogP contribution < -0.4 is 0 Å². The summed E-state index contributed by atoms with van der Waals surface area (Å²) in [5.41, 5.74) is 8.69. The second-order valence-electron chi connectivity index (χ2n) is 5.53. The van der Waals surface area contributed by atoms with Gasteiger partial charge in [0.2, 0.25) is 0 Å². The van der Waals surface area contributed by atoms with Crippen molar-refractivity contribution in [3.63, 3.8) is 0 Å². The molecule has 104 valence electrons. The molecule has 0 fully saturated rings. The van der Waals surface area contributed by atoms with Gasteiger partial charge in [0.1, 0.15) is 0 Å². The fourth-order valence-corrected chi connectivity index (χ4v) is 2.58. The van der Waals surface area contributed by atoms with Crippen LogP contribution in [0.1, 0.15) is 16.7 Å². The third-order valence-electron chi connectivity index (χ3n) is 4.09. The topological polar surface area (TPSA) is 12.9 Å². The molecule has 0 spiro atoms. The molecule has 1 aromatic heterocycles. The summed E-state index contributed by atoms with van der Waals surface area (Å²) in [5.74, 6) is 0. The van der Waals surface area contributed by atoms with Gasteiger partial charge in [-0.1, -0.05) is 42.5 Å². The number of hydrogen-bond acceptors (Lipinski definition) is 1. The second kappa shape index (κ2) is 5.53. The van der Waals surface area contributed by atoms with Gasteiger partial charge >= 0.3 is 0 Å². The summed E-state index contributed by atoms with van der Waals surface area (Å²) in [6.07, 6.45) is 1.89. The average molecular weight is 273 g/mol. The molecule has 3 rings (SSSR count). The zero-order valence-electron chi connectivity index (χ0n) is 12.7. The summed E-state index contributed by atoms with van der Waals surface area (Å²) in [6, 6.07) is 19.1. The van der Waals surface area contributed by atoms with E-state index in [4.69, 9.17) is 0 Å². The Morgan fingerprint density at radius 1 is 0.667 bits per heavy atom. The van der Waals surface area contributed by atoms with Crippen molar-refractivity contribution in [2.45, 2.75) is 20.8 Å². The van der Waals surface area contributed by atoms with E-state index < -0.39 is 0 Å². The molecule has 1 nitrogen and oxygen atoms in total. The summed E-state index contributed by atoms with van der Waals surface area (Å²) in [5, 5.41) is 0. The third-order valence-corrected chi connectivity index (χ3v) is 4.09. The van der Waals surface area contributed by atoms with E-state index in [1.807, 2.05) is 24.4 Å². The molecule has 1 heterocycles. The molecule has 0 radical (unpaired) electrons. The maximum Gasteiger partial charge on any atom is 0.0708 e. The molecule has 0 amide bonds. The lowest BCUT2D eigenvalue weighted by molar-refractivity contribution is 1.26. The maximum atomic E-state index is 4.50. The molecule has 0 aliphatic carbocycles. The van der Waals surface area contributed by atoms with Crippen molar-refractivity contribution < 1.29 is 0 Å². The first-order valence-electron chi connectivity index (χ1n) is 7.25. The van der Waals surface area contributed by atoms with Crippen LogP contribution in [0.15, 0.2) is 60.8 Å². The van der Waals surface area contributed by atoms with Gasteiger partial charge in [-0.25, -0.2) is 0 Å². The third kappa shape index (κ3) is 2.73. The van der Waals surface area contributed by atoms with Crippen molar-refractivity contribution >= 4 is 0 Å². The Labute approximate surface area is 126 Å². The van der Waals surface area contributed by atoms with Gasteiger partial charge in [-0.3, -0.25) is 4.98 Å². The first kappa shape index (κ1) is 13.6. The van der Waals surface area contributed by atoms with Gasteiger partial charge in [0.05, 0.1) is 5.69 Å². The lowest BCUT2D eigenvalue weighted by atomic mass is 9.96. The monoisotopic (exact) mass is 273 g/mol. The van der Waals surface area contributed by atoms with Crippen LogP contribution in [-0.2, 0) is 0 Å². The SMILES string of the molecule is Cc1cc(-c2ccnc(-c3ccccc3)c2)cc(C)c1C. The predicted molar refractivity (Wildman–Crippen MR) is 89.3 cm³/mol. The average Bonchev–Trinajstić information content (AvgIpc) is 2.53. The molecule has 0 saturated heterocycles. The molecule has 0 N–H and O–H groups in total. The van der Waals surface area contributed by atoms with Crippen LogP contribution in [0, 0.1) is 20.8 Å². The minimum Gasteiger partial charge on any atom is -0.256 e. The molecule has 0 aliphatic rings. The highest BCUT2D eigenvalue weighted by molar-refractivity contribution is 5.71. The van der Waals surface area contributed by atoms with Gasteiger partial charge in [0.25, 0.3) is 0 Å². The normalized spacial score (nSPS) is 10.6. The Balaban J connectivity index is 2.08. The van der Waals surface area contributed by atoms with Crippen molar-refractivity contribution in [2.75, 3.05) is 0 Å². The zero-order valence-corrected chi connectivity index (χ0v) is 12.7.